The molecule has 2 amide bonds. The number of aryl methyl sites for hydroxylation is 1. The van der Waals surface area contributed by atoms with E-state index in [2.05, 4.69) is 5.32 Å². The maximum atomic E-state index is 13.6. The number of carbonyl (C=O) groups excluding carboxylic acids is 2. The standard InChI is InChI=1S/C29H33ClN2O3/c1-4-22(3)31-29(34)27(18-23-11-6-5-7-12-23)32(19-24-13-9-8-10-21(24)2)28(33)20-35-26-16-14-25(30)15-17-26/h5-17,22,27H,4,18-20H2,1-3H3,(H,31,34)/t22-,27+/m0/s1. The van der Waals surface area contributed by atoms with E-state index < -0.39 is 6.04 Å². The van der Waals surface area contributed by atoms with E-state index in [0.717, 1.165) is 23.1 Å². The first-order valence-corrected chi connectivity index (χ1v) is 12.3. The molecule has 0 fully saturated rings. The highest BCUT2D eigenvalue weighted by Gasteiger charge is 2.31. The first kappa shape index (κ1) is 26.3. The number of halogens is 1. The van der Waals surface area contributed by atoms with Gasteiger partial charge in [0, 0.05) is 24.0 Å². The molecule has 3 rings (SSSR count). The number of rotatable bonds is 11. The Balaban J connectivity index is 1.91. The van der Waals surface area contributed by atoms with Crippen LogP contribution in [0.2, 0.25) is 5.02 Å². The lowest BCUT2D eigenvalue weighted by Crippen LogP contribution is -2.53. The predicted octanol–water partition coefficient (Wildman–Crippen LogP) is 5.58. The predicted molar refractivity (Wildman–Crippen MR) is 141 cm³/mol. The van der Waals surface area contributed by atoms with Crippen LogP contribution in [0.5, 0.6) is 5.75 Å². The molecule has 35 heavy (non-hydrogen) atoms. The number of hydrogen-bond donors (Lipinski definition) is 1. The highest BCUT2D eigenvalue weighted by atomic mass is 35.5. The summed E-state index contributed by atoms with van der Waals surface area (Å²) in [6.07, 6.45) is 1.21. The summed E-state index contributed by atoms with van der Waals surface area (Å²) in [6, 6.07) is 23.9. The highest BCUT2D eigenvalue weighted by molar-refractivity contribution is 6.30. The zero-order chi connectivity index (χ0) is 25.2. The van der Waals surface area contributed by atoms with Gasteiger partial charge in [-0.05, 0) is 61.2 Å². The van der Waals surface area contributed by atoms with Crippen LogP contribution >= 0.6 is 11.6 Å². The molecule has 0 aliphatic heterocycles. The van der Waals surface area contributed by atoms with Crippen LogP contribution in [0.3, 0.4) is 0 Å². The van der Waals surface area contributed by atoms with E-state index in [-0.39, 0.29) is 24.5 Å². The van der Waals surface area contributed by atoms with Crippen LogP contribution in [-0.4, -0.2) is 35.4 Å². The summed E-state index contributed by atoms with van der Waals surface area (Å²) in [5.41, 5.74) is 3.03. The van der Waals surface area contributed by atoms with Crippen LogP contribution in [0.1, 0.15) is 37.0 Å². The van der Waals surface area contributed by atoms with E-state index in [1.54, 1.807) is 29.2 Å². The van der Waals surface area contributed by atoms with Gasteiger partial charge in [-0.2, -0.15) is 0 Å². The van der Waals surface area contributed by atoms with Crippen molar-refractivity contribution >= 4 is 23.4 Å². The van der Waals surface area contributed by atoms with Gasteiger partial charge in [-0.15, -0.1) is 0 Å². The molecule has 1 N–H and O–H groups in total. The first-order valence-electron chi connectivity index (χ1n) is 11.9. The zero-order valence-electron chi connectivity index (χ0n) is 20.5. The van der Waals surface area contributed by atoms with Gasteiger partial charge in [0.25, 0.3) is 5.91 Å². The van der Waals surface area contributed by atoms with Crippen molar-refractivity contribution in [2.75, 3.05) is 6.61 Å². The van der Waals surface area contributed by atoms with Gasteiger partial charge < -0.3 is 15.0 Å². The quantitative estimate of drug-likeness (QED) is 0.380. The van der Waals surface area contributed by atoms with Crippen molar-refractivity contribution in [3.05, 3.63) is 101 Å². The average molecular weight is 493 g/mol. The average Bonchev–Trinajstić information content (AvgIpc) is 2.87. The third-order valence-corrected chi connectivity index (χ3v) is 6.30. The van der Waals surface area contributed by atoms with E-state index in [4.69, 9.17) is 16.3 Å². The number of ether oxygens (including phenoxy) is 1. The van der Waals surface area contributed by atoms with Crippen molar-refractivity contribution in [1.29, 1.82) is 0 Å². The topological polar surface area (TPSA) is 58.6 Å². The first-order chi connectivity index (χ1) is 16.9. The molecular formula is C29H33ClN2O3. The molecule has 0 heterocycles. The highest BCUT2D eigenvalue weighted by Crippen LogP contribution is 2.19. The molecule has 184 valence electrons. The van der Waals surface area contributed by atoms with Gasteiger partial charge in [0.2, 0.25) is 5.91 Å². The van der Waals surface area contributed by atoms with Crippen LogP contribution in [0.25, 0.3) is 0 Å². The summed E-state index contributed by atoms with van der Waals surface area (Å²) in [7, 11) is 0. The molecule has 2 atom stereocenters. The largest absolute Gasteiger partial charge is 0.484 e. The molecule has 3 aromatic rings. The van der Waals surface area contributed by atoms with Crippen molar-refractivity contribution in [2.45, 2.75) is 52.2 Å². The van der Waals surface area contributed by atoms with Gasteiger partial charge >= 0.3 is 0 Å². The Morgan fingerprint density at radius 2 is 1.63 bits per heavy atom. The van der Waals surface area contributed by atoms with Crippen molar-refractivity contribution in [1.82, 2.24) is 10.2 Å². The Kier molecular flexibility index (Phi) is 9.74. The van der Waals surface area contributed by atoms with Gasteiger partial charge in [0.15, 0.2) is 6.61 Å². The number of hydrogen-bond acceptors (Lipinski definition) is 3. The van der Waals surface area contributed by atoms with E-state index in [0.29, 0.717) is 23.7 Å². The lowest BCUT2D eigenvalue weighted by atomic mass is 10.0. The van der Waals surface area contributed by atoms with Gasteiger partial charge in [-0.1, -0.05) is 73.1 Å². The molecule has 3 aromatic carbocycles. The van der Waals surface area contributed by atoms with Gasteiger partial charge in [-0.25, -0.2) is 0 Å². The van der Waals surface area contributed by atoms with Crippen LogP contribution in [0.4, 0.5) is 0 Å². The Morgan fingerprint density at radius 3 is 2.29 bits per heavy atom. The fourth-order valence-electron chi connectivity index (χ4n) is 3.72. The molecule has 0 saturated carbocycles. The minimum absolute atomic E-state index is 0.00139. The monoisotopic (exact) mass is 492 g/mol. The van der Waals surface area contributed by atoms with Crippen molar-refractivity contribution < 1.29 is 14.3 Å². The van der Waals surface area contributed by atoms with Crippen molar-refractivity contribution in [2.24, 2.45) is 0 Å². The number of carbonyl (C=O) groups is 2. The molecule has 0 saturated heterocycles. The third kappa shape index (κ3) is 7.86. The molecule has 5 nitrogen and oxygen atoms in total. The molecule has 6 heteroatoms. The van der Waals surface area contributed by atoms with Crippen LogP contribution in [0.15, 0.2) is 78.9 Å². The molecule has 0 aromatic heterocycles. The van der Waals surface area contributed by atoms with Gasteiger partial charge in [-0.3, -0.25) is 9.59 Å². The summed E-state index contributed by atoms with van der Waals surface area (Å²) in [5, 5.41) is 3.67. The normalized spacial score (nSPS) is 12.5. The fourth-order valence-corrected chi connectivity index (χ4v) is 3.85. The number of benzene rings is 3. The van der Waals surface area contributed by atoms with Crippen LogP contribution in [0, 0.1) is 6.92 Å². The molecule has 0 radical (unpaired) electrons. The summed E-state index contributed by atoms with van der Waals surface area (Å²) in [6.45, 7) is 6.12. The van der Waals surface area contributed by atoms with Crippen LogP contribution in [-0.2, 0) is 22.6 Å². The fraction of sp³-hybridized carbons (Fsp3) is 0.310. The van der Waals surface area contributed by atoms with E-state index in [1.807, 2.05) is 75.4 Å². The summed E-state index contributed by atoms with van der Waals surface area (Å²) >= 11 is 5.96. The lowest BCUT2D eigenvalue weighted by Gasteiger charge is -2.32. The minimum atomic E-state index is -0.688. The summed E-state index contributed by atoms with van der Waals surface area (Å²) in [4.78, 5) is 28.7. The van der Waals surface area contributed by atoms with Gasteiger partial charge in [0.05, 0.1) is 0 Å². The van der Waals surface area contributed by atoms with E-state index >= 15 is 0 Å². The third-order valence-electron chi connectivity index (χ3n) is 6.05. The minimum Gasteiger partial charge on any atom is -0.484 e. The molecule has 0 aliphatic rings. The second-order valence-corrected chi connectivity index (χ2v) is 9.15. The van der Waals surface area contributed by atoms with E-state index in [9.17, 15) is 9.59 Å². The van der Waals surface area contributed by atoms with Crippen molar-refractivity contribution in [3.63, 3.8) is 0 Å². The maximum absolute atomic E-state index is 13.6. The summed E-state index contributed by atoms with van der Waals surface area (Å²) in [5.74, 6) is 0.113. The van der Waals surface area contributed by atoms with Crippen LogP contribution < -0.4 is 10.1 Å². The Hall–Kier alpha value is -3.31. The molecule has 0 spiro atoms. The summed E-state index contributed by atoms with van der Waals surface area (Å²) < 4.78 is 5.77. The molecule has 0 unspecified atom stereocenters. The maximum Gasteiger partial charge on any atom is 0.261 e. The number of nitrogens with zero attached hydrogens (tertiary/aromatic N) is 1. The Labute approximate surface area is 213 Å². The SMILES string of the molecule is CC[C@H](C)NC(=O)[C@@H](Cc1ccccc1)N(Cc1ccccc1C)C(=O)COc1ccc(Cl)cc1. The van der Waals surface area contributed by atoms with Crippen molar-refractivity contribution in [3.8, 4) is 5.75 Å². The zero-order valence-corrected chi connectivity index (χ0v) is 21.3. The molecular weight excluding hydrogens is 460 g/mol. The second-order valence-electron chi connectivity index (χ2n) is 8.71. The smallest absolute Gasteiger partial charge is 0.261 e. The number of amides is 2. The Morgan fingerprint density at radius 1 is 0.971 bits per heavy atom. The second kappa shape index (κ2) is 13.0. The molecule has 0 bridgehead atoms. The lowest BCUT2D eigenvalue weighted by molar-refractivity contribution is -0.143. The molecule has 0 aliphatic carbocycles. The number of nitrogens with one attached hydrogen (secondary N) is 1. The Bertz CT molecular complexity index is 1100. The van der Waals surface area contributed by atoms with E-state index in [1.165, 1.54) is 0 Å². The van der Waals surface area contributed by atoms with Gasteiger partial charge in [0.1, 0.15) is 11.8 Å².